The lowest BCUT2D eigenvalue weighted by atomic mass is 9.33. The summed E-state index contributed by atoms with van der Waals surface area (Å²) in [6.45, 7) is 23.4. The second-order valence-corrected chi connectivity index (χ2v) is 25.3. The van der Waals surface area contributed by atoms with Gasteiger partial charge in [0, 0.05) is 48.9 Å². The Morgan fingerprint density at radius 3 is 1.90 bits per heavy atom. The van der Waals surface area contributed by atoms with Crippen molar-refractivity contribution in [1.82, 2.24) is 0 Å². The molecule has 9 aromatic rings. The molecule has 3 heterocycles. The maximum atomic E-state index is 9.27. The molecule has 0 saturated heterocycles. The van der Waals surface area contributed by atoms with E-state index < -0.39 is 6.85 Å². The Balaban J connectivity index is 1.18. The highest BCUT2D eigenvalue weighted by molar-refractivity contribution is 7.00. The second-order valence-electron chi connectivity index (χ2n) is 25.3. The maximum Gasteiger partial charge on any atom is 0.252 e. The molecular weight excluding hydrogens is 872 g/mol. The first kappa shape index (κ1) is 41.8. The van der Waals surface area contributed by atoms with E-state index in [0.717, 1.165) is 103 Å². The van der Waals surface area contributed by atoms with Crippen molar-refractivity contribution in [3.05, 3.63) is 185 Å². The molecule has 1 aromatic heterocycles. The van der Waals surface area contributed by atoms with E-state index in [1.807, 2.05) is 18.2 Å². The topological polar surface area (TPSA) is 19.6 Å². The van der Waals surface area contributed by atoms with Gasteiger partial charge in [-0.3, -0.25) is 0 Å². The lowest BCUT2D eigenvalue weighted by Gasteiger charge is -2.48. The first-order valence-corrected chi connectivity index (χ1v) is 26.3. The summed E-state index contributed by atoms with van der Waals surface area (Å²) in [5.74, 6) is 0. The van der Waals surface area contributed by atoms with Crippen molar-refractivity contribution in [1.29, 1.82) is 0 Å². The molecule has 13 rings (SSSR count). The van der Waals surface area contributed by atoms with Crippen LogP contribution in [0.3, 0.4) is 0 Å². The quantitative estimate of drug-likeness (QED) is 0.164. The summed E-state index contributed by atoms with van der Waals surface area (Å²) in [4.78, 5) is 4.88. The molecule has 358 valence electrons. The Morgan fingerprint density at radius 2 is 1.15 bits per heavy atom. The normalized spacial score (nSPS) is 18.4. The van der Waals surface area contributed by atoms with E-state index in [1.54, 1.807) is 0 Å². The van der Waals surface area contributed by atoms with Gasteiger partial charge in [-0.2, -0.15) is 0 Å². The Labute approximate surface area is 432 Å². The Morgan fingerprint density at radius 1 is 0.500 bits per heavy atom. The van der Waals surface area contributed by atoms with Crippen LogP contribution in [-0.2, 0) is 27.1 Å². The van der Waals surface area contributed by atoms with Gasteiger partial charge in [-0.05, 0) is 180 Å². The first-order valence-electron chi connectivity index (χ1n) is 27.8. The highest BCUT2D eigenvalue weighted by Crippen LogP contribution is 2.55. The summed E-state index contributed by atoms with van der Waals surface area (Å²) in [5.41, 5.74) is 22.5. The van der Waals surface area contributed by atoms with Crippen molar-refractivity contribution in [3.8, 4) is 22.3 Å². The number of rotatable bonds is 4. The fourth-order valence-corrected chi connectivity index (χ4v) is 13.9. The van der Waals surface area contributed by atoms with Gasteiger partial charge in [0.2, 0.25) is 0 Å². The van der Waals surface area contributed by atoms with E-state index in [-0.39, 0.29) is 33.8 Å². The zero-order chi connectivity index (χ0) is 52.5. The fourth-order valence-electron chi connectivity index (χ4n) is 13.9. The first-order chi connectivity index (χ1) is 35.4. The number of benzene rings is 8. The van der Waals surface area contributed by atoms with E-state index in [0.29, 0.717) is 5.56 Å². The molecule has 0 fully saturated rings. The van der Waals surface area contributed by atoms with Gasteiger partial charge in [-0.25, -0.2) is 0 Å². The molecule has 0 bridgehead atoms. The average Bonchev–Trinajstić information content (AvgIpc) is 3.85. The zero-order valence-corrected chi connectivity index (χ0v) is 43.9. The molecule has 0 atom stereocenters. The molecule has 72 heavy (non-hydrogen) atoms. The van der Waals surface area contributed by atoms with E-state index in [4.69, 9.17) is 4.42 Å². The highest BCUT2D eigenvalue weighted by Gasteiger charge is 2.48. The lowest BCUT2D eigenvalue weighted by molar-refractivity contribution is 0.332. The minimum absolute atomic E-state index is 0.0191. The smallest absolute Gasteiger partial charge is 0.252 e. The number of nitrogens with zero attached hydrogens (tertiary/aromatic N) is 2. The molecular formula is C68H67BN2O. The standard InChI is InChI=1S/C68H67BN2O/c1-41-33-58-63-59(34-41)71(55-30-26-44(64(2,3)4)36-48(55)42-19-14-13-15-20-42)56-29-25-43(46-22-18-24-61-62(46)47-21-16-17-23-60(47)72-61)35-53(56)69(63)54-38-51-52(66(7,8)32-31-65(51,5)6)39-57(54)70(58)45-27-28-49-50(37-45)68(11,12)40-67(49,9)10/h13-30,33-39H,31-32,40H2,1-12H3/i1D3. The van der Waals surface area contributed by atoms with Crippen LogP contribution < -0.4 is 26.2 Å². The molecule has 3 nitrogen and oxygen atoms in total. The van der Waals surface area contributed by atoms with Crippen LogP contribution in [0, 0.1) is 6.85 Å². The van der Waals surface area contributed by atoms with Gasteiger partial charge < -0.3 is 14.2 Å². The van der Waals surface area contributed by atoms with Crippen LogP contribution in [0.1, 0.15) is 133 Å². The molecule has 0 spiro atoms. The third kappa shape index (κ3) is 6.63. The van der Waals surface area contributed by atoms with E-state index in [9.17, 15) is 4.11 Å². The van der Waals surface area contributed by atoms with Gasteiger partial charge in [0.05, 0.1) is 5.69 Å². The van der Waals surface area contributed by atoms with Crippen molar-refractivity contribution < 1.29 is 8.53 Å². The average molecular weight is 942 g/mol. The number of fused-ring (bicyclic) bond motifs is 9. The third-order valence-corrected chi connectivity index (χ3v) is 17.5. The molecule has 0 unspecified atom stereocenters. The van der Waals surface area contributed by atoms with Crippen LogP contribution in [0.4, 0.5) is 34.1 Å². The van der Waals surface area contributed by atoms with Gasteiger partial charge in [0.25, 0.3) is 6.71 Å². The number of hydrogen-bond donors (Lipinski definition) is 0. The molecule has 8 aromatic carbocycles. The third-order valence-electron chi connectivity index (χ3n) is 17.5. The van der Waals surface area contributed by atoms with E-state index >= 15 is 0 Å². The molecule has 4 heteroatoms. The van der Waals surface area contributed by atoms with Gasteiger partial charge in [-0.15, -0.1) is 0 Å². The van der Waals surface area contributed by atoms with Crippen molar-refractivity contribution in [2.45, 2.75) is 129 Å². The summed E-state index contributed by atoms with van der Waals surface area (Å²) in [5, 5.41) is 2.19. The molecule has 0 saturated carbocycles. The molecule has 0 N–H and O–H groups in total. The van der Waals surface area contributed by atoms with Crippen molar-refractivity contribution >= 4 is 79.2 Å². The van der Waals surface area contributed by atoms with Gasteiger partial charge in [-0.1, -0.05) is 167 Å². The molecule has 0 radical (unpaired) electrons. The number of para-hydroxylation sites is 1. The van der Waals surface area contributed by atoms with Gasteiger partial charge >= 0.3 is 0 Å². The maximum absolute atomic E-state index is 9.27. The number of anilines is 6. The Kier molecular flexibility index (Phi) is 8.79. The lowest BCUT2D eigenvalue weighted by Crippen LogP contribution is -2.62. The van der Waals surface area contributed by atoms with Crippen LogP contribution in [0.5, 0.6) is 0 Å². The summed E-state index contributed by atoms with van der Waals surface area (Å²) in [7, 11) is 0. The zero-order valence-electron chi connectivity index (χ0n) is 46.9. The second kappa shape index (κ2) is 15.1. The summed E-state index contributed by atoms with van der Waals surface area (Å²) in [6.07, 6.45) is 3.21. The van der Waals surface area contributed by atoms with Crippen molar-refractivity contribution in [2.75, 3.05) is 9.80 Å². The minimum Gasteiger partial charge on any atom is -0.456 e. The molecule has 2 aliphatic heterocycles. The van der Waals surface area contributed by atoms with Crippen molar-refractivity contribution in [3.63, 3.8) is 0 Å². The summed E-state index contributed by atoms with van der Waals surface area (Å²) in [6, 6.07) is 55.7. The predicted octanol–water partition coefficient (Wildman–Crippen LogP) is 16.9. The van der Waals surface area contributed by atoms with E-state index in [2.05, 4.69) is 219 Å². The van der Waals surface area contributed by atoms with Crippen LogP contribution in [0.25, 0.3) is 44.2 Å². The summed E-state index contributed by atoms with van der Waals surface area (Å²) < 4.78 is 34.3. The van der Waals surface area contributed by atoms with Crippen LogP contribution in [0.15, 0.2) is 156 Å². The van der Waals surface area contributed by atoms with Gasteiger partial charge in [0.15, 0.2) is 0 Å². The summed E-state index contributed by atoms with van der Waals surface area (Å²) >= 11 is 0. The molecule has 4 aliphatic rings. The molecule has 2 aliphatic carbocycles. The number of hydrogen-bond acceptors (Lipinski definition) is 3. The van der Waals surface area contributed by atoms with Crippen LogP contribution in [0.2, 0.25) is 0 Å². The molecule has 0 amide bonds. The van der Waals surface area contributed by atoms with Gasteiger partial charge in [0.1, 0.15) is 11.2 Å². The number of aryl methyl sites for hydroxylation is 1. The van der Waals surface area contributed by atoms with Crippen molar-refractivity contribution in [2.24, 2.45) is 0 Å². The number of furan rings is 1. The highest BCUT2D eigenvalue weighted by atomic mass is 16.3. The minimum atomic E-state index is -2.40. The Hall–Kier alpha value is -6.78. The van der Waals surface area contributed by atoms with Crippen LogP contribution >= 0.6 is 0 Å². The van der Waals surface area contributed by atoms with Crippen LogP contribution in [-0.4, -0.2) is 6.71 Å². The predicted molar refractivity (Wildman–Crippen MR) is 308 cm³/mol. The fraction of sp³-hybridized carbons (Fsp3) is 0.294. The Bertz CT molecular complexity index is 3870. The largest absolute Gasteiger partial charge is 0.456 e. The monoisotopic (exact) mass is 942 g/mol. The SMILES string of the molecule is [2H]C([2H])([2H])c1cc2c3c(c1)N(c1ccc(C(C)(C)C)cc1-c1ccccc1)c1ccc(-c4cccc5oc6ccccc6c45)cc1B3c1cc3c(cc1N2c1ccc2c(c1)C(C)(C)CC2(C)C)C(C)(C)CCC3(C)C. The van der Waals surface area contributed by atoms with E-state index in [1.165, 1.54) is 38.7 Å².